The first-order chi connectivity index (χ1) is 19.6. The molecular weight excluding hydrogens is 540 g/mol. The number of benzene rings is 2. The van der Waals surface area contributed by atoms with Crippen LogP contribution >= 0.6 is 0 Å². The van der Waals surface area contributed by atoms with Gasteiger partial charge in [0.15, 0.2) is 5.65 Å². The number of aliphatic hydroxyl groups excluding tert-OH is 1. The average Bonchev–Trinajstić information content (AvgIpc) is 3.61. The van der Waals surface area contributed by atoms with Crippen LogP contribution in [0, 0.1) is 6.92 Å². The summed E-state index contributed by atoms with van der Waals surface area (Å²) in [5, 5.41) is 16.8. The van der Waals surface area contributed by atoms with Crippen molar-refractivity contribution in [2.75, 3.05) is 45.7 Å². The van der Waals surface area contributed by atoms with Gasteiger partial charge in [0, 0.05) is 61.0 Å². The van der Waals surface area contributed by atoms with Gasteiger partial charge in [-0.05, 0) is 63.0 Å². The number of fused-ring (bicyclic) bond motifs is 4. The van der Waals surface area contributed by atoms with E-state index in [9.17, 15) is 13.5 Å². The van der Waals surface area contributed by atoms with Crippen LogP contribution in [0.4, 0.5) is 5.69 Å². The van der Waals surface area contributed by atoms with E-state index in [2.05, 4.69) is 15.0 Å². The minimum Gasteiger partial charge on any atom is -0.497 e. The molecule has 41 heavy (non-hydrogen) atoms. The van der Waals surface area contributed by atoms with Gasteiger partial charge < -0.3 is 19.6 Å². The highest BCUT2D eigenvalue weighted by atomic mass is 32.2. The molecule has 2 aromatic carbocycles. The number of anilines is 1. The number of β-amino-alcohol motifs (C(OH)–C–C–N with tert-alkyl or cyclic N) is 1. The van der Waals surface area contributed by atoms with Gasteiger partial charge in [0.05, 0.1) is 29.8 Å². The second kappa shape index (κ2) is 10.2. The van der Waals surface area contributed by atoms with E-state index >= 15 is 0 Å². The van der Waals surface area contributed by atoms with Crippen LogP contribution in [0.3, 0.4) is 0 Å². The molecule has 4 heterocycles. The summed E-state index contributed by atoms with van der Waals surface area (Å²) in [4.78, 5) is 8.93. The van der Waals surface area contributed by atoms with Crippen molar-refractivity contribution in [2.45, 2.75) is 23.8 Å². The van der Waals surface area contributed by atoms with Crippen LogP contribution in [-0.2, 0) is 17.1 Å². The average molecular weight is 575 g/mol. The second-order valence-electron chi connectivity index (χ2n) is 11.0. The van der Waals surface area contributed by atoms with E-state index in [0.29, 0.717) is 42.1 Å². The zero-order chi connectivity index (χ0) is 29.1. The van der Waals surface area contributed by atoms with E-state index in [0.717, 1.165) is 27.7 Å². The van der Waals surface area contributed by atoms with Crippen LogP contribution in [0.5, 0.6) is 5.75 Å². The summed E-state index contributed by atoms with van der Waals surface area (Å²) in [5.74, 6) is 0.352. The Morgan fingerprint density at radius 1 is 1.12 bits per heavy atom. The molecule has 0 saturated carbocycles. The first kappa shape index (κ1) is 27.3. The number of ether oxygens (including phenoxy) is 1. The standard InChI is InChI=1S/C30H34N6O4S/c1-19-6-9-23(10-7-19)41(38,39)36-28(13-25-29-20(14-31-30(25)36)15-32-34(29)4)26-18-35(17-21(37)16-33(2)3)27-11-8-22(40-5)12-24(26)27/h6-15,21,26,37H,16-18H2,1-5H3. The molecule has 0 aliphatic carbocycles. The minimum absolute atomic E-state index is 0.191. The molecule has 0 fully saturated rings. The van der Waals surface area contributed by atoms with Gasteiger partial charge in [-0.25, -0.2) is 17.4 Å². The smallest absolute Gasteiger partial charge is 0.269 e. The largest absolute Gasteiger partial charge is 0.497 e. The van der Waals surface area contributed by atoms with E-state index < -0.39 is 16.1 Å². The molecule has 0 amide bonds. The third-order valence-electron chi connectivity index (χ3n) is 7.79. The number of nitrogens with zero attached hydrogens (tertiary/aromatic N) is 6. The predicted octanol–water partition coefficient (Wildman–Crippen LogP) is 3.35. The molecule has 3 aromatic heterocycles. The Morgan fingerprint density at radius 2 is 1.88 bits per heavy atom. The van der Waals surface area contributed by atoms with Gasteiger partial charge in [-0.3, -0.25) is 4.68 Å². The van der Waals surface area contributed by atoms with E-state index in [1.165, 1.54) is 3.97 Å². The van der Waals surface area contributed by atoms with E-state index in [-0.39, 0.29) is 10.8 Å². The molecule has 2 unspecified atom stereocenters. The zero-order valence-corrected chi connectivity index (χ0v) is 24.6. The Kier molecular flexibility index (Phi) is 6.75. The van der Waals surface area contributed by atoms with Crippen molar-refractivity contribution in [3.05, 3.63) is 77.7 Å². The molecule has 0 radical (unpaired) electrons. The molecule has 1 N–H and O–H groups in total. The number of methoxy groups -OCH3 is 1. The maximum Gasteiger partial charge on any atom is 0.269 e. The lowest BCUT2D eigenvalue weighted by Crippen LogP contribution is -2.37. The molecule has 6 rings (SSSR count). The number of aliphatic hydroxyl groups is 1. The lowest BCUT2D eigenvalue weighted by atomic mass is 9.97. The van der Waals surface area contributed by atoms with Gasteiger partial charge in [-0.1, -0.05) is 17.7 Å². The molecule has 1 aliphatic heterocycles. The van der Waals surface area contributed by atoms with Crippen molar-refractivity contribution in [1.82, 2.24) is 23.6 Å². The summed E-state index contributed by atoms with van der Waals surface area (Å²) in [7, 11) is 3.29. The van der Waals surface area contributed by atoms with Crippen molar-refractivity contribution in [3.63, 3.8) is 0 Å². The van der Waals surface area contributed by atoms with Gasteiger partial charge in [0.2, 0.25) is 0 Å². The van der Waals surface area contributed by atoms with Gasteiger partial charge in [-0.15, -0.1) is 0 Å². The quantitative estimate of drug-likeness (QED) is 0.301. The predicted molar refractivity (Wildman–Crippen MR) is 159 cm³/mol. The number of rotatable bonds is 8. The van der Waals surface area contributed by atoms with Crippen LogP contribution in [-0.4, -0.2) is 84.1 Å². The Labute approximate surface area is 239 Å². The highest BCUT2D eigenvalue weighted by Crippen LogP contribution is 2.44. The summed E-state index contributed by atoms with van der Waals surface area (Å²) >= 11 is 0. The summed E-state index contributed by atoms with van der Waals surface area (Å²) in [6.07, 6.45) is 2.82. The summed E-state index contributed by atoms with van der Waals surface area (Å²) in [6, 6.07) is 14.7. The summed E-state index contributed by atoms with van der Waals surface area (Å²) in [5.41, 5.74) is 4.62. The zero-order valence-electron chi connectivity index (χ0n) is 23.8. The molecule has 0 spiro atoms. The molecular formula is C30H34N6O4S. The monoisotopic (exact) mass is 574 g/mol. The van der Waals surface area contributed by atoms with Gasteiger partial charge >= 0.3 is 0 Å². The fraction of sp³-hybridized carbons (Fsp3) is 0.333. The van der Waals surface area contributed by atoms with Gasteiger partial charge in [-0.2, -0.15) is 5.10 Å². The first-order valence-electron chi connectivity index (χ1n) is 13.5. The Bertz CT molecular complexity index is 1860. The Hall–Kier alpha value is -3.93. The van der Waals surface area contributed by atoms with Crippen LogP contribution in [0.15, 0.2) is 65.8 Å². The van der Waals surface area contributed by atoms with Crippen LogP contribution in [0.2, 0.25) is 0 Å². The van der Waals surface area contributed by atoms with Crippen LogP contribution in [0.25, 0.3) is 21.9 Å². The van der Waals surface area contributed by atoms with Gasteiger partial charge in [0.25, 0.3) is 10.0 Å². The molecule has 0 saturated heterocycles. The van der Waals surface area contributed by atoms with Crippen molar-refractivity contribution in [2.24, 2.45) is 7.05 Å². The van der Waals surface area contributed by atoms with Crippen molar-refractivity contribution < 1.29 is 18.3 Å². The lowest BCUT2D eigenvalue weighted by molar-refractivity contribution is 0.142. The SMILES string of the molecule is COc1ccc2c(c1)C(c1cc3c4c(cnc3n1S(=O)(=O)c1ccc(C)cc1)cnn4C)CN2CC(O)CN(C)C. The van der Waals surface area contributed by atoms with E-state index in [1.54, 1.807) is 48.5 Å². The lowest BCUT2D eigenvalue weighted by Gasteiger charge is -2.25. The Balaban J connectivity index is 1.59. The first-order valence-corrected chi connectivity index (χ1v) is 14.9. The van der Waals surface area contributed by atoms with E-state index in [1.807, 2.05) is 57.2 Å². The number of aryl methyl sites for hydroxylation is 2. The van der Waals surface area contributed by atoms with Crippen molar-refractivity contribution in [3.8, 4) is 5.75 Å². The molecule has 10 nitrogen and oxygen atoms in total. The number of hydrogen-bond donors (Lipinski definition) is 1. The molecule has 214 valence electrons. The molecule has 5 aromatic rings. The fourth-order valence-corrected chi connectivity index (χ4v) is 7.44. The normalized spacial score (nSPS) is 16.2. The topological polar surface area (TPSA) is 106 Å². The minimum atomic E-state index is -4.03. The van der Waals surface area contributed by atoms with Crippen LogP contribution in [0.1, 0.15) is 22.7 Å². The third kappa shape index (κ3) is 4.63. The molecule has 11 heteroatoms. The summed E-state index contributed by atoms with van der Waals surface area (Å²) < 4.78 is 37.5. The Morgan fingerprint density at radius 3 is 2.59 bits per heavy atom. The van der Waals surface area contributed by atoms with Crippen molar-refractivity contribution in [1.29, 1.82) is 0 Å². The maximum absolute atomic E-state index is 14.4. The van der Waals surface area contributed by atoms with Gasteiger partial charge in [0.1, 0.15) is 5.75 Å². The van der Waals surface area contributed by atoms with Crippen molar-refractivity contribution >= 4 is 37.6 Å². The number of likely N-dealkylation sites (N-methyl/N-ethyl adjacent to an activating group) is 1. The molecule has 2 atom stereocenters. The van der Waals surface area contributed by atoms with E-state index in [4.69, 9.17) is 4.74 Å². The number of pyridine rings is 1. The third-order valence-corrected chi connectivity index (χ3v) is 9.52. The number of aromatic nitrogens is 4. The number of hydrogen-bond acceptors (Lipinski definition) is 8. The fourth-order valence-electron chi connectivity index (χ4n) is 5.92. The molecule has 0 bridgehead atoms. The van der Waals surface area contributed by atoms with Crippen LogP contribution < -0.4 is 9.64 Å². The second-order valence-corrected chi connectivity index (χ2v) is 12.8. The molecule has 1 aliphatic rings. The maximum atomic E-state index is 14.4. The highest BCUT2D eigenvalue weighted by Gasteiger charge is 2.37. The highest BCUT2D eigenvalue weighted by molar-refractivity contribution is 7.90. The summed E-state index contributed by atoms with van der Waals surface area (Å²) in [6.45, 7) is 3.33.